The van der Waals surface area contributed by atoms with Gasteiger partial charge in [-0.05, 0) is 12.5 Å². The highest BCUT2D eigenvalue weighted by Crippen LogP contribution is 1.91. The van der Waals surface area contributed by atoms with Crippen LogP contribution in [-0.4, -0.2) is 19.3 Å². The molecular formula is C11H14N4O2. The molecule has 17 heavy (non-hydrogen) atoms. The topological polar surface area (TPSA) is 72.7 Å². The van der Waals surface area contributed by atoms with Gasteiger partial charge < -0.3 is 0 Å². The van der Waals surface area contributed by atoms with Crippen LogP contribution in [0.1, 0.15) is 12.5 Å². The SMILES string of the molecule is CCc1cn(CCn2cccn2)c(=O)[nH]c1=O. The van der Waals surface area contributed by atoms with Crippen LogP contribution in [0.4, 0.5) is 0 Å². The summed E-state index contributed by atoms with van der Waals surface area (Å²) < 4.78 is 3.24. The van der Waals surface area contributed by atoms with E-state index in [1.165, 1.54) is 4.57 Å². The molecule has 6 nitrogen and oxygen atoms in total. The molecule has 0 fully saturated rings. The third-order valence-electron chi connectivity index (χ3n) is 2.59. The van der Waals surface area contributed by atoms with Crippen molar-refractivity contribution < 1.29 is 0 Å². The minimum Gasteiger partial charge on any atom is -0.298 e. The van der Waals surface area contributed by atoms with Crippen LogP contribution in [0.5, 0.6) is 0 Å². The summed E-state index contributed by atoms with van der Waals surface area (Å²) in [5, 5.41) is 4.05. The summed E-state index contributed by atoms with van der Waals surface area (Å²) in [6.45, 7) is 2.97. The molecular weight excluding hydrogens is 220 g/mol. The van der Waals surface area contributed by atoms with E-state index < -0.39 is 0 Å². The van der Waals surface area contributed by atoms with Crippen molar-refractivity contribution in [3.05, 3.63) is 51.1 Å². The van der Waals surface area contributed by atoms with Crippen molar-refractivity contribution in [3.8, 4) is 0 Å². The lowest BCUT2D eigenvalue weighted by Crippen LogP contribution is -2.32. The van der Waals surface area contributed by atoms with Crippen molar-refractivity contribution in [2.24, 2.45) is 0 Å². The first-order valence-corrected chi connectivity index (χ1v) is 5.50. The molecule has 0 atom stereocenters. The first-order valence-electron chi connectivity index (χ1n) is 5.50. The average molecular weight is 234 g/mol. The van der Waals surface area contributed by atoms with Crippen molar-refractivity contribution >= 4 is 0 Å². The van der Waals surface area contributed by atoms with E-state index in [9.17, 15) is 9.59 Å². The highest BCUT2D eigenvalue weighted by atomic mass is 16.2. The molecule has 0 unspecified atom stereocenters. The van der Waals surface area contributed by atoms with Gasteiger partial charge in [-0.1, -0.05) is 6.92 Å². The van der Waals surface area contributed by atoms with Crippen molar-refractivity contribution in [1.29, 1.82) is 0 Å². The van der Waals surface area contributed by atoms with Gasteiger partial charge in [0.2, 0.25) is 0 Å². The minimum absolute atomic E-state index is 0.298. The highest BCUT2D eigenvalue weighted by Gasteiger charge is 2.02. The van der Waals surface area contributed by atoms with E-state index in [1.807, 2.05) is 19.2 Å². The van der Waals surface area contributed by atoms with Gasteiger partial charge in [0, 0.05) is 30.7 Å². The zero-order valence-electron chi connectivity index (χ0n) is 9.59. The maximum absolute atomic E-state index is 11.5. The second-order valence-corrected chi connectivity index (χ2v) is 3.73. The Morgan fingerprint density at radius 1 is 1.35 bits per heavy atom. The highest BCUT2D eigenvalue weighted by molar-refractivity contribution is 5.03. The first kappa shape index (κ1) is 11.4. The molecule has 0 spiro atoms. The molecule has 2 rings (SSSR count). The number of nitrogens with zero attached hydrogens (tertiary/aromatic N) is 3. The average Bonchev–Trinajstić information content (AvgIpc) is 2.81. The van der Waals surface area contributed by atoms with E-state index in [0.29, 0.717) is 25.1 Å². The lowest BCUT2D eigenvalue weighted by Gasteiger charge is -2.06. The number of hydrogen-bond acceptors (Lipinski definition) is 3. The lowest BCUT2D eigenvalue weighted by molar-refractivity contribution is 0.514. The third kappa shape index (κ3) is 2.52. The Hall–Kier alpha value is -2.11. The second kappa shape index (κ2) is 4.82. The van der Waals surface area contributed by atoms with E-state index in [1.54, 1.807) is 17.1 Å². The van der Waals surface area contributed by atoms with Gasteiger partial charge in [-0.2, -0.15) is 5.10 Å². The maximum Gasteiger partial charge on any atom is 0.328 e. The van der Waals surface area contributed by atoms with E-state index in [-0.39, 0.29) is 11.2 Å². The van der Waals surface area contributed by atoms with Gasteiger partial charge in [0.05, 0.1) is 6.54 Å². The molecule has 0 saturated heterocycles. The summed E-state index contributed by atoms with van der Waals surface area (Å²) in [6, 6.07) is 1.83. The molecule has 2 aromatic rings. The molecule has 2 heterocycles. The van der Waals surface area contributed by atoms with Gasteiger partial charge in [0.25, 0.3) is 5.56 Å². The summed E-state index contributed by atoms with van der Waals surface area (Å²) in [7, 11) is 0. The van der Waals surface area contributed by atoms with Crippen LogP contribution < -0.4 is 11.2 Å². The molecule has 6 heteroatoms. The number of hydrogen-bond donors (Lipinski definition) is 1. The number of rotatable bonds is 4. The van der Waals surface area contributed by atoms with Crippen molar-refractivity contribution in [1.82, 2.24) is 19.3 Å². The molecule has 0 aliphatic carbocycles. The molecule has 0 amide bonds. The number of aryl methyl sites for hydroxylation is 3. The molecule has 0 saturated carbocycles. The number of aromatic amines is 1. The Balaban J connectivity index is 2.21. The fraction of sp³-hybridized carbons (Fsp3) is 0.364. The van der Waals surface area contributed by atoms with Crippen LogP contribution in [0.2, 0.25) is 0 Å². The predicted molar refractivity (Wildman–Crippen MR) is 62.9 cm³/mol. The van der Waals surface area contributed by atoms with Crippen molar-refractivity contribution in [2.45, 2.75) is 26.4 Å². The maximum atomic E-state index is 11.5. The first-order chi connectivity index (χ1) is 8.20. The van der Waals surface area contributed by atoms with Crippen molar-refractivity contribution in [3.63, 3.8) is 0 Å². The molecule has 2 aromatic heterocycles. The fourth-order valence-corrected chi connectivity index (χ4v) is 1.62. The van der Waals surface area contributed by atoms with Gasteiger partial charge in [-0.3, -0.25) is 19.0 Å². The van der Waals surface area contributed by atoms with Gasteiger partial charge in [0.1, 0.15) is 0 Å². The molecule has 0 aromatic carbocycles. The smallest absolute Gasteiger partial charge is 0.298 e. The predicted octanol–water partition coefficient (Wildman–Crippen LogP) is -0.00430. The van der Waals surface area contributed by atoms with Gasteiger partial charge in [0.15, 0.2) is 0 Å². The van der Waals surface area contributed by atoms with E-state index in [4.69, 9.17) is 0 Å². The second-order valence-electron chi connectivity index (χ2n) is 3.73. The van der Waals surface area contributed by atoms with Crippen LogP contribution >= 0.6 is 0 Å². The Morgan fingerprint density at radius 2 is 2.18 bits per heavy atom. The van der Waals surface area contributed by atoms with Gasteiger partial charge in [-0.15, -0.1) is 0 Å². The fourth-order valence-electron chi connectivity index (χ4n) is 1.62. The molecule has 1 N–H and O–H groups in total. The third-order valence-corrected chi connectivity index (χ3v) is 2.59. The Bertz CT molecular complexity index is 595. The van der Waals surface area contributed by atoms with Crippen LogP contribution in [0, 0.1) is 0 Å². The van der Waals surface area contributed by atoms with Crippen LogP contribution in [0.25, 0.3) is 0 Å². The summed E-state index contributed by atoms with van der Waals surface area (Å²) in [4.78, 5) is 25.2. The molecule has 0 aliphatic rings. The number of H-pyrrole nitrogens is 1. The minimum atomic E-state index is -0.376. The Morgan fingerprint density at radius 3 is 2.82 bits per heavy atom. The summed E-state index contributed by atoms with van der Waals surface area (Å²) in [5.41, 5.74) is -0.0581. The number of nitrogens with one attached hydrogen (secondary N) is 1. The lowest BCUT2D eigenvalue weighted by atomic mass is 10.3. The van der Waals surface area contributed by atoms with Crippen molar-refractivity contribution in [2.75, 3.05) is 0 Å². The van der Waals surface area contributed by atoms with E-state index >= 15 is 0 Å². The molecule has 0 radical (unpaired) electrons. The van der Waals surface area contributed by atoms with Crippen LogP contribution in [-0.2, 0) is 19.5 Å². The number of aromatic nitrogens is 4. The monoisotopic (exact) mass is 234 g/mol. The molecule has 0 aliphatic heterocycles. The summed E-state index contributed by atoms with van der Waals surface area (Å²) in [6.07, 6.45) is 5.74. The largest absolute Gasteiger partial charge is 0.328 e. The zero-order chi connectivity index (χ0) is 12.3. The van der Waals surface area contributed by atoms with E-state index in [2.05, 4.69) is 10.1 Å². The normalized spacial score (nSPS) is 10.6. The Kier molecular flexibility index (Phi) is 3.22. The zero-order valence-corrected chi connectivity index (χ0v) is 9.59. The summed E-state index contributed by atoms with van der Waals surface area (Å²) >= 11 is 0. The molecule has 90 valence electrons. The van der Waals surface area contributed by atoms with Crippen LogP contribution in [0.3, 0.4) is 0 Å². The van der Waals surface area contributed by atoms with Gasteiger partial charge >= 0.3 is 5.69 Å². The van der Waals surface area contributed by atoms with Crippen LogP contribution in [0.15, 0.2) is 34.2 Å². The summed E-state index contributed by atoms with van der Waals surface area (Å²) in [5.74, 6) is 0. The molecule has 0 bridgehead atoms. The van der Waals surface area contributed by atoms with Gasteiger partial charge in [-0.25, -0.2) is 4.79 Å². The quantitative estimate of drug-likeness (QED) is 0.809. The van der Waals surface area contributed by atoms with E-state index in [0.717, 1.165) is 0 Å². The Labute approximate surface area is 97.5 Å². The standard InChI is InChI=1S/C11H14N4O2/c1-2-9-8-14(11(17)13-10(9)16)6-7-15-5-3-4-12-15/h3-5,8H,2,6-7H2,1H3,(H,13,16,17).